The minimum Gasteiger partial charge on any atom is -0.354 e. The number of benzene rings is 1. The van der Waals surface area contributed by atoms with Crippen LogP contribution in [-0.4, -0.2) is 106 Å². The third-order valence-electron chi connectivity index (χ3n) is 13.4. The van der Waals surface area contributed by atoms with E-state index in [2.05, 4.69) is 71.9 Å². The summed E-state index contributed by atoms with van der Waals surface area (Å²) in [5, 5.41) is 31.3. The molecule has 0 radical (unpaired) electrons. The molecule has 0 bridgehead atoms. The molecule has 1 aromatic carbocycles. The molecule has 0 amide bonds. The van der Waals surface area contributed by atoms with Crippen molar-refractivity contribution in [2.45, 2.75) is 87.8 Å². The maximum Gasteiger partial charge on any atom is 0.218 e. The van der Waals surface area contributed by atoms with Crippen LogP contribution in [0.15, 0.2) is 149 Å². The molecule has 0 saturated carbocycles. The first-order chi connectivity index (χ1) is 43.4. The van der Waals surface area contributed by atoms with Crippen molar-refractivity contribution in [1.82, 2.24) is 44.7 Å². The highest BCUT2D eigenvalue weighted by molar-refractivity contribution is 7.91. The molecule has 9 rings (SSSR count). The Balaban J connectivity index is 0.000000196. The van der Waals surface area contributed by atoms with E-state index in [4.69, 9.17) is 5.26 Å². The highest BCUT2D eigenvalue weighted by Crippen LogP contribution is 2.33. The minimum absolute atomic E-state index is 0.00890. The number of hydrogen-bond donors (Lipinski definition) is 6. The van der Waals surface area contributed by atoms with Crippen LogP contribution in [0, 0.1) is 24.2 Å². The zero-order chi connectivity index (χ0) is 67.3. The lowest BCUT2D eigenvalue weighted by atomic mass is 9.88. The number of anilines is 12. The quantitative estimate of drug-likeness (QED) is 0.0287. The number of hydrogen-bond acceptors (Lipinski definition) is 24. The number of para-hydroxylation sites is 1. The second kappa shape index (κ2) is 29.5. The standard InChI is InChI=1S/C24H27FN4O3S.C20H18N6O3S.C19H22N6O3S/c1-6-19(30)15-14-26-22(28-21-12-11-16(23(25)29-21)24(2,3)4)13-18(15)27-17-9-7-8-10-20(17)33(5,31)32;1-3-16(27)14-12-23-19(26-18-8-4-6-13(11-21)24-18)10-15(14)25-20-17(30(2,28)29)7-5-9-22-20;1-5-15(26)13-11-21-17(23-18-9-12(2)25(3)24-18)10-14(13)22-19-16(29(4,27)28)7-6-8-20-19/h7-14H,6H2,1-5H3,(H2,26,27,28,29);4-10,12H,3H2,1-2H3,(H2,22,23,24,25,26);6-11H,5H2,1-4H3,(H2,20,21,22,23,24). The summed E-state index contributed by atoms with van der Waals surface area (Å²) < 4.78 is 88.9. The summed E-state index contributed by atoms with van der Waals surface area (Å²) in [6, 6.07) is 29.2. The van der Waals surface area contributed by atoms with E-state index in [1.165, 1.54) is 55.2 Å². The summed E-state index contributed by atoms with van der Waals surface area (Å²) in [5.74, 6) is 1.59. The first-order valence-corrected chi connectivity index (χ1v) is 33.9. The topological polar surface area (TPSA) is 358 Å². The first-order valence-electron chi connectivity index (χ1n) is 28.3. The van der Waals surface area contributed by atoms with Gasteiger partial charge in [-0.3, -0.25) is 19.1 Å². The molecular weight excluding hydrogens is 1240 g/mol. The van der Waals surface area contributed by atoms with Crippen LogP contribution in [0.25, 0.3) is 0 Å². The normalized spacial score (nSPS) is 11.3. The van der Waals surface area contributed by atoms with Crippen molar-refractivity contribution in [3.05, 3.63) is 174 Å². The van der Waals surface area contributed by atoms with Crippen molar-refractivity contribution in [1.29, 1.82) is 5.26 Å². The van der Waals surface area contributed by atoms with Crippen LogP contribution in [0.4, 0.5) is 73.7 Å². The van der Waals surface area contributed by atoms with Gasteiger partial charge in [0.05, 0.1) is 44.3 Å². The van der Waals surface area contributed by atoms with Crippen molar-refractivity contribution in [2.24, 2.45) is 7.05 Å². The van der Waals surface area contributed by atoms with Crippen molar-refractivity contribution in [3.63, 3.8) is 0 Å². The molecule has 0 unspecified atom stereocenters. The third kappa shape index (κ3) is 18.1. The van der Waals surface area contributed by atoms with Crippen LogP contribution in [0.2, 0.25) is 0 Å². The Labute approximate surface area is 532 Å². The molecule has 0 aliphatic rings. The number of halogens is 1. The van der Waals surface area contributed by atoms with Gasteiger partial charge in [-0.15, -0.1) is 0 Å². The number of carbonyl (C=O) groups is 3. The highest BCUT2D eigenvalue weighted by atomic mass is 32.2. The lowest BCUT2D eigenvalue weighted by molar-refractivity contribution is 0.0980. The van der Waals surface area contributed by atoms with Crippen LogP contribution in [0.3, 0.4) is 0 Å². The van der Waals surface area contributed by atoms with Gasteiger partial charge in [-0.1, -0.05) is 65.8 Å². The Bertz CT molecular complexity index is 4630. The fourth-order valence-electron chi connectivity index (χ4n) is 8.63. The molecule has 8 heterocycles. The van der Waals surface area contributed by atoms with Crippen molar-refractivity contribution < 1.29 is 44.0 Å². The second-order valence-electron chi connectivity index (χ2n) is 21.5. The van der Waals surface area contributed by atoms with Crippen molar-refractivity contribution in [3.8, 4) is 6.07 Å². The number of aromatic nitrogens is 9. The molecule has 0 aliphatic heterocycles. The molecule has 9 aromatic rings. The van der Waals surface area contributed by atoms with Crippen LogP contribution in [0.5, 0.6) is 0 Å². The number of ketones is 3. The predicted octanol–water partition coefficient (Wildman–Crippen LogP) is 11.6. The Morgan fingerprint density at radius 1 is 0.511 bits per heavy atom. The summed E-state index contributed by atoms with van der Waals surface area (Å²) in [7, 11) is -8.72. The van der Waals surface area contributed by atoms with Crippen LogP contribution in [0.1, 0.15) is 109 Å². The maximum absolute atomic E-state index is 14.5. The Hall–Kier alpha value is -10.4. The molecule has 0 aliphatic carbocycles. The zero-order valence-electron chi connectivity index (χ0n) is 52.1. The lowest BCUT2D eigenvalue weighted by Crippen LogP contribution is -2.15. The lowest BCUT2D eigenvalue weighted by Gasteiger charge is -2.19. The van der Waals surface area contributed by atoms with Crippen molar-refractivity contribution in [2.75, 3.05) is 50.7 Å². The molecule has 29 heteroatoms. The van der Waals surface area contributed by atoms with E-state index in [9.17, 15) is 44.0 Å². The number of nitrogens with one attached hydrogen (secondary N) is 6. The van der Waals surface area contributed by atoms with E-state index in [1.54, 1.807) is 98.2 Å². The van der Waals surface area contributed by atoms with Gasteiger partial charge in [-0.2, -0.15) is 14.8 Å². The van der Waals surface area contributed by atoms with Gasteiger partial charge in [0.1, 0.15) is 62.3 Å². The van der Waals surface area contributed by atoms with E-state index >= 15 is 0 Å². The van der Waals surface area contributed by atoms with Gasteiger partial charge in [0.25, 0.3) is 0 Å². The second-order valence-corrected chi connectivity index (χ2v) is 27.5. The Morgan fingerprint density at radius 3 is 1.36 bits per heavy atom. The van der Waals surface area contributed by atoms with Gasteiger partial charge in [0.2, 0.25) is 5.95 Å². The number of nitrogens with zero attached hydrogens (tertiary/aromatic N) is 10. The van der Waals surface area contributed by atoms with E-state index in [1.807, 2.05) is 46.9 Å². The molecule has 0 atom stereocenters. The maximum atomic E-state index is 14.5. The number of Topliss-reactive ketones (excluding diaryl/α,β-unsaturated/α-hetero) is 3. The number of rotatable bonds is 21. The highest BCUT2D eigenvalue weighted by Gasteiger charge is 2.23. The van der Waals surface area contributed by atoms with Gasteiger partial charge in [0.15, 0.2) is 52.7 Å². The van der Waals surface area contributed by atoms with Crippen LogP contribution in [-0.2, 0) is 42.0 Å². The molecule has 6 N–H and O–H groups in total. The predicted molar refractivity (Wildman–Crippen MR) is 350 cm³/mol. The fraction of sp³-hybridized carbons (Fsp3) is 0.238. The molecule has 0 fully saturated rings. The zero-order valence-corrected chi connectivity index (χ0v) is 54.5. The summed E-state index contributed by atoms with van der Waals surface area (Å²) in [6.07, 6.45) is 11.3. The molecule has 0 spiro atoms. The molecule has 92 heavy (non-hydrogen) atoms. The Kier molecular flexibility index (Phi) is 22.1. The number of nitriles is 1. The number of aryl methyl sites for hydroxylation is 2. The summed E-state index contributed by atoms with van der Waals surface area (Å²) in [6.45, 7) is 12.8. The SMILES string of the molecule is CCC(=O)c1cnc(Nc2cc(C)n(C)n2)cc1Nc1ncccc1S(C)(=O)=O.CCC(=O)c1cnc(Nc2ccc(C(C)(C)C)c(F)n2)cc1Nc1ccccc1S(C)(=O)=O.CCC(=O)c1cnc(Nc2cccc(C#N)n2)cc1Nc1ncccc1S(C)(=O)=O. The number of sulfone groups is 3. The van der Waals surface area contributed by atoms with E-state index in [-0.39, 0.29) is 79.9 Å². The van der Waals surface area contributed by atoms with Gasteiger partial charge in [-0.05, 0) is 66.9 Å². The summed E-state index contributed by atoms with van der Waals surface area (Å²) in [4.78, 5) is 66.5. The molecule has 8 aromatic heterocycles. The molecule has 478 valence electrons. The van der Waals surface area contributed by atoms with E-state index < -0.39 is 35.5 Å². The average Bonchev–Trinajstić information content (AvgIpc) is 0.904. The molecular formula is C63H67FN16O9S3. The molecule has 25 nitrogen and oxygen atoms in total. The van der Waals surface area contributed by atoms with E-state index in [0.717, 1.165) is 24.5 Å². The Morgan fingerprint density at radius 2 is 0.946 bits per heavy atom. The smallest absolute Gasteiger partial charge is 0.218 e. The van der Waals surface area contributed by atoms with Gasteiger partial charge in [0, 0.05) is 112 Å². The van der Waals surface area contributed by atoms with Crippen LogP contribution >= 0.6 is 0 Å². The monoisotopic (exact) mass is 1310 g/mol. The number of carbonyl (C=O) groups excluding carboxylic acids is 3. The average molecular weight is 1310 g/mol. The largest absolute Gasteiger partial charge is 0.354 e. The van der Waals surface area contributed by atoms with E-state index in [0.29, 0.717) is 74.1 Å². The van der Waals surface area contributed by atoms with Gasteiger partial charge in [-0.25, -0.2) is 60.1 Å². The van der Waals surface area contributed by atoms with Gasteiger partial charge < -0.3 is 31.9 Å². The van der Waals surface area contributed by atoms with Gasteiger partial charge >= 0.3 is 0 Å². The van der Waals surface area contributed by atoms with Crippen LogP contribution < -0.4 is 31.9 Å². The summed E-state index contributed by atoms with van der Waals surface area (Å²) >= 11 is 0. The first kappa shape index (κ1) is 69.0. The summed E-state index contributed by atoms with van der Waals surface area (Å²) in [5.41, 5.74) is 3.73. The fourth-order valence-corrected chi connectivity index (χ4v) is 11.0. The number of pyridine rings is 7. The third-order valence-corrected chi connectivity index (χ3v) is 16.8. The van der Waals surface area contributed by atoms with Crippen molar-refractivity contribution >= 4 is 116 Å². The minimum atomic E-state index is -3.54. The molecule has 0 saturated heterocycles.